The van der Waals surface area contributed by atoms with E-state index in [9.17, 15) is 4.39 Å². The summed E-state index contributed by atoms with van der Waals surface area (Å²) < 4.78 is 13.5. The predicted molar refractivity (Wildman–Crippen MR) is 83.7 cm³/mol. The van der Waals surface area contributed by atoms with Crippen LogP contribution < -0.4 is 5.73 Å². The monoisotopic (exact) mass is 312 g/mol. The van der Waals surface area contributed by atoms with Crippen LogP contribution in [0.5, 0.6) is 0 Å². The highest BCUT2D eigenvalue weighted by molar-refractivity contribution is 7.10. The largest absolute Gasteiger partial charge is 0.329 e. The molecule has 0 fully saturated rings. The number of rotatable bonds is 5. The van der Waals surface area contributed by atoms with E-state index < -0.39 is 0 Å². The summed E-state index contributed by atoms with van der Waals surface area (Å²) in [5, 5.41) is 2.45. The molecule has 2 rings (SSSR count). The van der Waals surface area contributed by atoms with Gasteiger partial charge in [-0.15, -0.1) is 11.3 Å². The lowest BCUT2D eigenvalue weighted by Crippen LogP contribution is -2.32. The maximum atomic E-state index is 13.5. The first-order valence-corrected chi connectivity index (χ1v) is 7.70. The van der Waals surface area contributed by atoms with Gasteiger partial charge in [0.1, 0.15) is 5.82 Å². The van der Waals surface area contributed by atoms with Crippen molar-refractivity contribution in [3.63, 3.8) is 0 Å². The molecular weight excluding hydrogens is 295 g/mol. The summed E-state index contributed by atoms with van der Waals surface area (Å²) in [5.74, 6) is -0.330. The highest BCUT2D eigenvalue weighted by Crippen LogP contribution is 2.31. The number of hydrogen-bond acceptors (Lipinski definition) is 3. The van der Waals surface area contributed by atoms with Crippen molar-refractivity contribution in [2.75, 3.05) is 13.6 Å². The Morgan fingerprint density at radius 1 is 1.40 bits per heavy atom. The molecule has 0 bridgehead atoms. The van der Waals surface area contributed by atoms with E-state index in [1.54, 1.807) is 17.4 Å². The van der Waals surface area contributed by atoms with Crippen LogP contribution in [0.2, 0.25) is 5.02 Å². The summed E-state index contributed by atoms with van der Waals surface area (Å²) >= 11 is 7.64. The Bertz CT molecular complexity index is 539. The van der Waals surface area contributed by atoms with Crippen LogP contribution in [-0.2, 0) is 0 Å². The SMILES string of the molecule is CC(c1cccs1)N(C)C(CN)c1cc(F)cc(Cl)c1. The molecule has 1 aromatic heterocycles. The molecule has 2 nitrogen and oxygen atoms in total. The Labute approximate surface area is 128 Å². The van der Waals surface area contributed by atoms with E-state index in [-0.39, 0.29) is 17.9 Å². The summed E-state index contributed by atoms with van der Waals surface area (Å²) in [6, 6.07) is 8.85. The van der Waals surface area contributed by atoms with Crippen LogP contribution in [0.25, 0.3) is 0 Å². The van der Waals surface area contributed by atoms with Crippen LogP contribution in [0, 0.1) is 5.82 Å². The smallest absolute Gasteiger partial charge is 0.125 e. The van der Waals surface area contributed by atoms with Crippen molar-refractivity contribution in [1.82, 2.24) is 4.90 Å². The maximum Gasteiger partial charge on any atom is 0.125 e. The van der Waals surface area contributed by atoms with E-state index >= 15 is 0 Å². The third-order valence-corrected chi connectivity index (χ3v) is 4.81. The van der Waals surface area contributed by atoms with Crippen molar-refractivity contribution in [1.29, 1.82) is 0 Å². The zero-order valence-corrected chi connectivity index (χ0v) is 13.1. The molecule has 0 aliphatic rings. The maximum absolute atomic E-state index is 13.5. The van der Waals surface area contributed by atoms with Crippen molar-refractivity contribution in [3.8, 4) is 0 Å². The molecule has 0 aliphatic carbocycles. The second kappa shape index (κ2) is 6.68. The summed E-state index contributed by atoms with van der Waals surface area (Å²) in [7, 11) is 2.00. The molecule has 5 heteroatoms. The third kappa shape index (κ3) is 3.38. The van der Waals surface area contributed by atoms with Crippen LogP contribution in [0.15, 0.2) is 35.7 Å². The van der Waals surface area contributed by atoms with Crippen molar-refractivity contribution in [2.24, 2.45) is 5.73 Å². The standard InChI is InChI=1S/C15H18ClFN2S/c1-10(15-4-3-5-20-15)19(2)14(9-18)11-6-12(16)8-13(17)7-11/h3-8,10,14H,9,18H2,1-2H3. The Balaban J connectivity index is 2.27. The van der Waals surface area contributed by atoms with Crippen LogP contribution >= 0.6 is 22.9 Å². The molecule has 20 heavy (non-hydrogen) atoms. The average Bonchev–Trinajstić information content (AvgIpc) is 2.91. The summed E-state index contributed by atoms with van der Waals surface area (Å²) in [6.07, 6.45) is 0. The molecule has 0 amide bonds. The zero-order valence-electron chi connectivity index (χ0n) is 11.5. The van der Waals surface area contributed by atoms with Gasteiger partial charge < -0.3 is 5.73 Å². The van der Waals surface area contributed by atoms with Gasteiger partial charge in [0, 0.05) is 28.5 Å². The van der Waals surface area contributed by atoms with Crippen LogP contribution in [0.1, 0.15) is 29.4 Å². The van der Waals surface area contributed by atoms with Crippen LogP contribution in [0.3, 0.4) is 0 Å². The fourth-order valence-electron chi connectivity index (χ4n) is 2.30. The second-order valence-electron chi connectivity index (χ2n) is 4.81. The second-order valence-corrected chi connectivity index (χ2v) is 6.23. The van der Waals surface area contributed by atoms with Gasteiger partial charge in [-0.1, -0.05) is 17.7 Å². The highest BCUT2D eigenvalue weighted by Gasteiger charge is 2.22. The van der Waals surface area contributed by atoms with E-state index in [0.717, 1.165) is 5.56 Å². The minimum Gasteiger partial charge on any atom is -0.329 e. The first-order valence-electron chi connectivity index (χ1n) is 6.44. The molecule has 0 radical (unpaired) electrons. The Morgan fingerprint density at radius 2 is 2.15 bits per heavy atom. The molecule has 2 aromatic rings. The highest BCUT2D eigenvalue weighted by atomic mass is 35.5. The summed E-state index contributed by atoms with van der Waals surface area (Å²) in [6.45, 7) is 2.53. The third-order valence-electron chi connectivity index (χ3n) is 3.55. The van der Waals surface area contributed by atoms with Gasteiger partial charge in [0.05, 0.1) is 0 Å². The first kappa shape index (κ1) is 15.4. The summed E-state index contributed by atoms with van der Waals surface area (Å²) in [4.78, 5) is 3.41. The predicted octanol–water partition coefficient (Wildman–Crippen LogP) is 4.23. The number of benzene rings is 1. The van der Waals surface area contributed by atoms with Gasteiger partial charge in [-0.05, 0) is 49.2 Å². The van der Waals surface area contributed by atoms with Gasteiger partial charge in [-0.3, -0.25) is 4.90 Å². The zero-order chi connectivity index (χ0) is 14.7. The Hall–Kier alpha value is -0.940. The van der Waals surface area contributed by atoms with Crippen LogP contribution in [-0.4, -0.2) is 18.5 Å². The van der Waals surface area contributed by atoms with Crippen LogP contribution in [0.4, 0.5) is 4.39 Å². The minimum atomic E-state index is -0.330. The molecule has 0 spiro atoms. The molecule has 0 saturated heterocycles. The molecule has 2 N–H and O–H groups in total. The van der Waals surface area contributed by atoms with Crippen molar-refractivity contribution >= 4 is 22.9 Å². The quantitative estimate of drug-likeness (QED) is 0.895. The van der Waals surface area contributed by atoms with E-state index in [1.807, 2.05) is 13.1 Å². The molecule has 1 aromatic carbocycles. The Kier molecular flexibility index (Phi) is 5.16. The fourth-order valence-corrected chi connectivity index (χ4v) is 3.37. The molecule has 108 valence electrons. The normalized spacial score (nSPS) is 14.5. The lowest BCUT2D eigenvalue weighted by atomic mass is 10.0. The minimum absolute atomic E-state index is 0.0692. The van der Waals surface area contributed by atoms with Gasteiger partial charge in [0.2, 0.25) is 0 Å². The molecule has 2 unspecified atom stereocenters. The lowest BCUT2D eigenvalue weighted by Gasteiger charge is -2.32. The Morgan fingerprint density at radius 3 is 2.70 bits per heavy atom. The van der Waals surface area contributed by atoms with Gasteiger partial charge in [-0.25, -0.2) is 4.39 Å². The van der Waals surface area contributed by atoms with E-state index in [1.165, 1.54) is 17.0 Å². The average molecular weight is 313 g/mol. The number of nitrogens with two attached hydrogens (primary N) is 1. The lowest BCUT2D eigenvalue weighted by molar-refractivity contribution is 0.192. The van der Waals surface area contributed by atoms with Gasteiger partial charge in [-0.2, -0.15) is 0 Å². The fraction of sp³-hybridized carbons (Fsp3) is 0.333. The van der Waals surface area contributed by atoms with E-state index in [0.29, 0.717) is 11.6 Å². The van der Waals surface area contributed by atoms with Gasteiger partial charge in [0.15, 0.2) is 0 Å². The van der Waals surface area contributed by atoms with Crippen molar-refractivity contribution in [2.45, 2.75) is 19.0 Å². The molecular formula is C15H18ClFN2S. The van der Waals surface area contributed by atoms with E-state index in [2.05, 4.69) is 23.3 Å². The number of hydrogen-bond donors (Lipinski definition) is 1. The number of nitrogens with zero attached hydrogens (tertiary/aromatic N) is 1. The topological polar surface area (TPSA) is 29.3 Å². The molecule has 1 heterocycles. The van der Waals surface area contributed by atoms with Crippen molar-refractivity contribution < 1.29 is 4.39 Å². The molecule has 0 aliphatic heterocycles. The van der Waals surface area contributed by atoms with Gasteiger partial charge in [0.25, 0.3) is 0 Å². The summed E-state index contributed by atoms with van der Waals surface area (Å²) in [5.41, 5.74) is 6.70. The molecule has 2 atom stereocenters. The number of likely N-dealkylation sites (N-methyl/N-ethyl adjacent to an activating group) is 1. The van der Waals surface area contributed by atoms with E-state index in [4.69, 9.17) is 17.3 Å². The number of thiophene rings is 1. The van der Waals surface area contributed by atoms with Crippen molar-refractivity contribution in [3.05, 3.63) is 57.0 Å². The molecule has 0 saturated carbocycles. The van der Waals surface area contributed by atoms with Gasteiger partial charge >= 0.3 is 0 Å². The first-order chi connectivity index (χ1) is 9.52. The number of halogens is 2.